The van der Waals surface area contributed by atoms with Crippen molar-refractivity contribution in [3.05, 3.63) is 29.8 Å². The van der Waals surface area contributed by atoms with Crippen LogP contribution in [0.2, 0.25) is 0 Å². The molecule has 0 aliphatic rings. The van der Waals surface area contributed by atoms with E-state index in [4.69, 9.17) is 4.74 Å². The second-order valence-corrected chi connectivity index (χ2v) is 3.55. The average molecular weight is 249 g/mol. The maximum atomic E-state index is 12.4. The molecule has 0 aromatic heterocycles. The molecule has 0 spiro atoms. The molecular formula is C11H14F3NO2. The standard InChI is InChI=1S/C11H14F3NO2/c1-15-6-9(16)7-17-10-4-2-3-8(5-10)11(12,13)14/h2-5,9,15-16H,6-7H2,1H3/t9-/m1/s1. The number of hydrogen-bond acceptors (Lipinski definition) is 3. The first-order valence-corrected chi connectivity index (χ1v) is 5.06. The molecule has 0 amide bonds. The van der Waals surface area contributed by atoms with Gasteiger partial charge in [-0.2, -0.15) is 13.2 Å². The predicted octanol–water partition coefficient (Wildman–Crippen LogP) is 1.66. The minimum absolute atomic E-state index is 0.0534. The minimum Gasteiger partial charge on any atom is -0.491 e. The zero-order chi connectivity index (χ0) is 12.9. The number of aliphatic hydroxyl groups is 1. The molecule has 2 N–H and O–H groups in total. The molecule has 1 aromatic rings. The van der Waals surface area contributed by atoms with Crippen molar-refractivity contribution >= 4 is 0 Å². The third kappa shape index (κ3) is 4.62. The zero-order valence-corrected chi connectivity index (χ0v) is 9.29. The molecule has 1 atom stereocenters. The van der Waals surface area contributed by atoms with Crippen LogP contribution in [0.1, 0.15) is 5.56 Å². The van der Waals surface area contributed by atoms with E-state index in [0.717, 1.165) is 12.1 Å². The number of aliphatic hydroxyl groups excluding tert-OH is 1. The van der Waals surface area contributed by atoms with E-state index in [-0.39, 0.29) is 12.4 Å². The lowest BCUT2D eigenvalue weighted by Gasteiger charge is -2.13. The SMILES string of the molecule is CNC[C@@H](O)COc1cccc(C(F)(F)F)c1. The summed E-state index contributed by atoms with van der Waals surface area (Å²) in [5.74, 6) is 0.0926. The summed E-state index contributed by atoms with van der Waals surface area (Å²) in [6, 6.07) is 4.56. The lowest BCUT2D eigenvalue weighted by Crippen LogP contribution is -2.29. The Kier molecular flexibility index (Phi) is 4.77. The van der Waals surface area contributed by atoms with Gasteiger partial charge in [0, 0.05) is 6.54 Å². The molecule has 0 unspecified atom stereocenters. The summed E-state index contributed by atoms with van der Waals surface area (Å²) in [5, 5.41) is 12.1. The fraction of sp³-hybridized carbons (Fsp3) is 0.455. The number of hydrogen-bond donors (Lipinski definition) is 2. The Morgan fingerprint density at radius 2 is 2.12 bits per heavy atom. The van der Waals surface area contributed by atoms with Crippen molar-refractivity contribution in [2.75, 3.05) is 20.2 Å². The van der Waals surface area contributed by atoms with Crippen LogP contribution >= 0.6 is 0 Å². The molecule has 1 aromatic carbocycles. The monoisotopic (exact) mass is 249 g/mol. The van der Waals surface area contributed by atoms with Gasteiger partial charge in [-0.1, -0.05) is 6.07 Å². The molecule has 17 heavy (non-hydrogen) atoms. The van der Waals surface area contributed by atoms with Gasteiger partial charge in [-0.15, -0.1) is 0 Å². The van der Waals surface area contributed by atoms with Crippen molar-refractivity contribution in [3.63, 3.8) is 0 Å². The van der Waals surface area contributed by atoms with Gasteiger partial charge < -0.3 is 15.2 Å². The minimum atomic E-state index is -4.39. The van der Waals surface area contributed by atoms with Crippen LogP contribution in [-0.4, -0.2) is 31.4 Å². The molecule has 0 radical (unpaired) electrons. The van der Waals surface area contributed by atoms with Crippen molar-refractivity contribution in [1.82, 2.24) is 5.32 Å². The summed E-state index contributed by atoms with van der Waals surface area (Å²) in [6.45, 7) is 0.265. The Bertz CT molecular complexity index is 355. The molecule has 1 rings (SSSR count). The molecule has 0 fully saturated rings. The molecule has 0 aliphatic carbocycles. The summed E-state index contributed by atoms with van der Waals surface area (Å²) in [6.07, 6.45) is -5.14. The smallest absolute Gasteiger partial charge is 0.416 e. The van der Waals surface area contributed by atoms with E-state index in [9.17, 15) is 18.3 Å². The Morgan fingerprint density at radius 3 is 2.71 bits per heavy atom. The van der Waals surface area contributed by atoms with Crippen LogP contribution in [0.15, 0.2) is 24.3 Å². The first-order chi connectivity index (χ1) is 7.93. The van der Waals surface area contributed by atoms with Crippen LogP contribution in [0.3, 0.4) is 0 Å². The highest BCUT2D eigenvalue weighted by atomic mass is 19.4. The van der Waals surface area contributed by atoms with Crippen molar-refractivity contribution in [1.29, 1.82) is 0 Å². The van der Waals surface area contributed by atoms with Gasteiger partial charge in [0.05, 0.1) is 5.56 Å². The highest BCUT2D eigenvalue weighted by Crippen LogP contribution is 2.31. The maximum absolute atomic E-state index is 12.4. The summed E-state index contributed by atoms with van der Waals surface area (Å²) >= 11 is 0. The van der Waals surface area contributed by atoms with Gasteiger partial charge >= 0.3 is 6.18 Å². The Morgan fingerprint density at radius 1 is 1.41 bits per heavy atom. The molecule has 0 heterocycles. The summed E-state index contributed by atoms with van der Waals surface area (Å²) in [5.41, 5.74) is -0.766. The van der Waals surface area contributed by atoms with Gasteiger partial charge in [0.25, 0.3) is 0 Å². The van der Waals surface area contributed by atoms with Gasteiger partial charge in [-0.3, -0.25) is 0 Å². The van der Waals surface area contributed by atoms with Crippen molar-refractivity contribution in [3.8, 4) is 5.75 Å². The Balaban J connectivity index is 2.60. The number of likely N-dealkylation sites (N-methyl/N-ethyl adjacent to an activating group) is 1. The van der Waals surface area contributed by atoms with Crippen LogP contribution in [0, 0.1) is 0 Å². The van der Waals surface area contributed by atoms with E-state index in [1.54, 1.807) is 7.05 Å². The average Bonchev–Trinajstić information content (AvgIpc) is 2.26. The second kappa shape index (κ2) is 5.88. The van der Waals surface area contributed by atoms with Crippen LogP contribution in [-0.2, 0) is 6.18 Å². The molecule has 0 bridgehead atoms. The van der Waals surface area contributed by atoms with Gasteiger partial charge in [-0.25, -0.2) is 0 Å². The number of benzene rings is 1. The van der Waals surface area contributed by atoms with E-state index < -0.39 is 17.8 Å². The van der Waals surface area contributed by atoms with Crippen molar-refractivity contribution in [2.45, 2.75) is 12.3 Å². The number of ether oxygens (including phenoxy) is 1. The topological polar surface area (TPSA) is 41.5 Å². The van der Waals surface area contributed by atoms with Gasteiger partial charge in [0.2, 0.25) is 0 Å². The largest absolute Gasteiger partial charge is 0.491 e. The zero-order valence-electron chi connectivity index (χ0n) is 9.29. The number of nitrogens with one attached hydrogen (secondary N) is 1. The first-order valence-electron chi connectivity index (χ1n) is 5.06. The van der Waals surface area contributed by atoms with E-state index in [2.05, 4.69) is 5.32 Å². The van der Waals surface area contributed by atoms with Crippen LogP contribution in [0.25, 0.3) is 0 Å². The molecular weight excluding hydrogens is 235 g/mol. The predicted molar refractivity (Wildman–Crippen MR) is 56.9 cm³/mol. The second-order valence-electron chi connectivity index (χ2n) is 3.55. The Hall–Kier alpha value is -1.27. The van der Waals surface area contributed by atoms with Gasteiger partial charge in [-0.05, 0) is 25.2 Å². The third-order valence-corrected chi connectivity index (χ3v) is 2.04. The quantitative estimate of drug-likeness (QED) is 0.834. The number of halogens is 3. The number of alkyl halides is 3. The highest BCUT2D eigenvalue weighted by molar-refractivity contribution is 5.30. The fourth-order valence-corrected chi connectivity index (χ4v) is 1.25. The summed E-state index contributed by atoms with van der Waals surface area (Å²) in [4.78, 5) is 0. The van der Waals surface area contributed by atoms with Gasteiger partial charge in [0.1, 0.15) is 18.5 Å². The molecule has 0 aliphatic heterocycles. The normalized spacial score (nSPS) is 13.5. The van der Waals surface area contributed by atoms with Crippen LogP contribution < -0.4 is 10.1 Å². The summed E-state index contributed by atoms with van der Waals surface area (Å²) < 4.78 is 42.2. The molecule has 0 saturated carbocycles. The van der Waals surface area contributed by atoms with Gasteiger partial charge in [0.15, 0.2) is 0 Å². The molecule has 0 saturated heterocycles. The molecule has 96 valence electrons. The number of rotatable bonds is 5. The van der Waals surface area contributed by atoms with Crippen LogP contribution in [0.5, 0.6) is 5.75 Å². The van der Waals surface area contributed by atoms with Crippen LogP contribution in [0.4, 0.5) is 13.2 Å². The third-order valence-electron chi connectivity index (χ3n) is 2.04. The lowest BCUT2D eigenvalue weighted by atomic mass is 10.2. The highest BCUT2D eigenvalue weighted by Gasteiger charge is 2.30. The van der Waals surface area contributed by atoms with Crippen molar-refractivity contribution < 1.29 is 23.0 Å². The Labute approximate surface area is 97.2 Å². The fourth-order valence-electron chi connectivity index (χ4n) is 1.25. The van der Waals surface area contributed by atoms with Crippen molar-refractivity contribution in [2.24, 2.45) is 0 Å². The molecule has 3 nitrogen and oxygen atoms in total. The summed E-state index contributed by atoms with van der Waals surface area (Å²) in [7, 11) is 1.66. The van der Waals surface area contributed by atoms with E-state index in [1.165, 1.54) is 12.1 Å². The van der Waals surface area contributed by atoms with E-state index in [0.29, 0.717) is 6.54 Å². The molecule has 6 heteroatoms. The maximum Gasteiger partial charge on any atom is 0.416 e. The van der Waals surface area contributed by atoms with E-state index in [1.807, 2.05) is 0 Å². The van der Waals surface area contributed by atoms with E-state index >= 15 is 0 Å². The first kappa shape index (κ1) is 13.8. The lowest BCUT2D eigenvalue weighted by molar-refractivity contribution is -0.137.